The summed E-state index contributed by atoms with van der Waals surface area (Å²) in [7, 11) is 4.14. The summed E-state index contributed by atoms with van der Waals surface area (Å²) in [5, 5.41) is 12.4. The molecular formula is C26H30N6OS. The van der Waals surface area contributed by atoms with Crippen LogP contribution in [0.3, 0.4) is 0 Å². The Morgan fingerprint density at radius 2 is 1.56 bits per heavy atom. The summed E-state index contributed by atoms with van der Waals surface area (Å²) >= 11 is 1.83. The zero-order valence-electron chi connectivity index (χ0n) is 20.0. The minimum Gasteiger partial charge on any atom is -0.415 e. The Bertz CT molecular complexity index is 1190. The highest BCUT2D eigenvalue weighted by molar-refractivity contribution is 7.99. The van der Waals surface area contributed by atoms with Gasteiger partial charge >= 0.3 is 0 Å². The third-order valence-electron chi connectivity index (χ3n) is 5.07. The van der Waals surface area contributed by atoms with Gasteiger partial charge < -0.3 is 14.6 Å². The smallest absolute Gasteiger partial charge is 0.268 e. The van der Waals surface area contributed by atoms with Crippen molar-refractivity contribution >= 4 is 11.8 Å². The quantitative estimate of drug-likeness (QED) is 0.254. The van der Waals surface area contributed by atoms with Gasteiger partial charge in [-0.3, -0.25) is 4.98 Å². The Morgan fingerprint density at radius 3 is 2.26 bits per heavy atom. The van der Waals surface area contributed by atoms with Crippen LogP contribution in [0.5, 0.6) is 0 Å². The first-order valence-electron chi connectivity index (χ1n) is 11.4. The fraction of sp³-hybridized carbons (Fsp3) is 0.308. The number of nitrogens with zero attached hydrogens (tertiary/aromatic N) is 5. The second-order valence-electron chi connectivity index (χ2n) is 8.57. The fourth-order valence-electron chi connectivity index (χ4n) is 3.33. The van der Waals surface area contributed by atoms with Gasteiger partial charge in [-0.2, -0.15) is 0 Å². The zero-order valence-corrected chi connectivity index (χ0v) is 20.8. The van der Waals surface area contributed by atoms with Crippen LogP contribution in [-0.4, -0.2) is 57.5 Å². The summed E-state index contributed by atoms with van der Waals surface area (Å²) in [6.07, 6.45) is 3.39. The molecule has 0 fully saturated rings. The molecule has 8 heteroatoms. The lowest BCUT2D eigenvalue weighted by Gasteiger charge is -2.10. The predicted octanol–water partition coefficient (Wildman–Crippen LogP) is 5.01. The average Bonchev–Trinajstić information content (AvgIpc) is 3.33. The summed E-state index contributed by atoms with van der Waals surface area (Å²) in [6.45, 7) is 7.15. The third-order valence-corrected chi connectivity index (χ3v) is 6.08. The van der Waals surface area contributed by atoms with Gasteiger partial charge in [0.25, 0.3) is 5.89 Å². The van der Waals surface area contributed by atoms with Crippen molar-refractivity contribution < 1.29 is 4.42 Å². The van der Waals surface area contributed by atoms with Crippen molar-refractivity contribution in [1.29, 1.82) is 0 Å². The van der Waals surface area contributed by atoms with Crippen LogP contribution >= 0.6 is 11.8 Å². The average molecular weight is 475 g/mol. The largest absolute Gasteiger partial charge is 0.415 e. The van der Waals surface area contributed by atoms with E-state index in [1.807, 2.05) is 23.9 Å². The second kappa shape index (κ2) is 11.4. The van der Waals surface area contributed by atoms with Crippen molar-refractivity contribution in [2.45, 2.75) is 30.5 Å². The lowest BCUT2D eigenvalue weighted by molar-refractivity contribution is 0.400. The molecule has 0 amide bonds. The molecular weight excluding hydrogens is 444 g/mol. The summed E-state index contributed by atoms with van der Waals surface area (Å²) in [6, 6.07) is 16.5. The molecule has 7 nitrogen and oxygen atoms in total. The number of rotatable bonds is 10. The van der Waals surface area contributed by atoms with E-state index < -0.39 is 0 Å². The van der Waals surface area contributed by atoms with Crippen LogP contribution in [0.1, 0.15) is 19.4 Å². The molecule has 176 valence electrons. The van der Waals surface area contributed by atoms with E-state index in [4.69, 9.17) is 9.40 Å². The van der Waals surface area contributed by atoms with Crippen LogP contribution < -0.4 is 5.32 Å². The summed E-state index contributed by atoms with van der Waals surface area (Å²) < 4.78 is 5.93. The van der Waals surface area contributed by atoms with Gasteiger partial charge in [0.2, 0.25) is 5.89 Å². The molecule has 2 aromatic heterocycles. The number of likely N-dealkylation sites (N-methyl/N-ethyl adjacent to an activating group) is 1. The topological polar surface area (TPSA) is 80.0 Å². The van der Waals surface area contributed by atoms with E-state index in [1.54, 1.807) is 12.4 Å². The lowest BCUT2D eigenvalue weighted by atomic mass is 10.1. The first-order chi connectivity index (χ1) is 16.5. The molecule has 0 aliphatic carbocycles. The molecule has 0 unspecified atom stereocenters. The number of benzene rings is 2. The molecule has 0 bridgehead atoms. The van der Waals surface area contributed by atoms with Crippen LogP contribution in [0, 0.1) is 0 Å². The van der Waals surface area contributed by atoms with E-state index >= 15 is 0 Å². The molecule has 0 aliphatic heterocycles. The van der Waals surface area contributed by atoms with Crippen molar-refractivity contribution in [3.63, 3.8) is 0 Å². The van der Waals surface area contributed by atoms with E-state index in [0.29, 0.717) is 22.7 Å². The van der Waals surface area contributed by atoms with Gasteiger partial charge in [-0.1, -0.05) is 38.1 Å². The van der Waals surface area contributed by atoms with Crippen LogP contribution in [0.15, 0.2) is 70.2 Å². The molecule has 0 aliphatic rings. The number of hydrogen-bond donors (Lipinski definition) is 1. The summed E-state index contributed by atoms with van der Waals surface area (Å²) in [5.41, 5.74) is 4.40. The Hall–Kier alpha value is -3.07. The van der Waals surface area contributed by atoms with Gasteiger partial charge in [0.05, 0.1) is 18.1 Å². The molecule has 2 aromatic carbocycles. The highest BCUT2D eigenvalue weighted by Gasteiger charge is 2.13. The molecule has 2 heterocycles. The molecule has 0 radical (unpaired) electrons. The molecule has 0 atom stereocenters. The molecule has 0 saturated heterocycles. The fourth-order valence-corrected chi connectivity index (χ4v) is 4.17. The van der Waals surface area contributed by atoms with Crippen molar-refractivity contribution in [3.8, 4) is 34.3 Å². The standard InChI is InChI=1S/C26H30N6OS/c1-18(2)34-22-11-9-20(10-12-22)23-16-28-17-24(29-23)26-31-30-25(33-26)21-7-5-19(6-8-21)15-27-13-14-32(3)4/h5-12,16-18,27H,13-15H2,1-4H3. The van der Waals surface area contributed by atoms with Crippen LogP contribution in [-0.2, 0) is 6.54 Å². The van der Waals surface area contributed by atoms with Gasteiger partial charge in [-0.05, 0) is 43.9 Å². The molecule has 0 spiro atoms. The number of aromatic nitrogens is 4. The Kier molecular flexibility index (Phi) is 8.05. The maximum absolute atomic E-state index is 5.93. The van der Waals surface area contributed by atoms with Crippen molar-refractivity contribution in [3.05, 3.63) is 66.5 Å². The van der Waals surface area contributed by atoms with E-state index in [9.17, 15) is 0 Å². The van der Waals surface area contributed by atoms with E-state index in [1.165, 1.54) is 10.5 Å². The number of thioether (sulfide) groups is 1. The highest BCUT2D eigenvalue weighted by Crippen LogP contribution is 2.27. The summed E-state index contributed by atoms with van der Waals surface area (Å²) in [5.74, 6) is 0.815. The second-order valence-corrected chi connectivity index (χ2v) is 10.2. The minimum atomic E-state index is 0.353. The zero-order chi connectivity index (χ0) is 23.9. The predicted molar refractivity (Wildman–Crippen MR) is 137 cm³/mol. The molecule has 4 rings (SSSR count). The highest BCUT2D eigenvalue weighted by atomic mass is 32.2. The maximum Gasteiger partial charge on any atom is 0.268 e. The first-order valence-corrected chi connectivity index (χ1v) is 12.2. The SMILES string of the molecule is CC(C)Sc1ccc(-c2cncc(-c3nnc(-c4ccc(CNCCN(C)C)cc4)o3)n2)cc1. The van der Waals surface area contributed by atoms with E-state index in [0.717, 1.165) is 36.5 Å². The van der Waals surface area contributed by atoms with Crippen LogP contribution in [0.2, 0.25) is 0 Å². The molecule has 0 saturated carbocycles. The van der Waals surface area contributed by atoms with Crippen LogP contribution in [0.25, 0.3) is 34.3 Å². The molecule has 1 N–H and O–H groups in total. The Labute approximate surface area is 205 Å². The van der Waals surface area contributed by atoms with Crippen molar-refractivity contribution in [2.24, 2.45) is 0 Å². The molecule has 4 aromatic rings. The van der Waals surface area contributed by atoms with Gasteiger partial charge in [0, 0.05) is 40.9 Å². The normalized spacial score (nSPS) is 11.5. The van der Waals surface area contributed by atoms with Gasteiger partial charge in [0.1, 0.15) is 5.69 Å². The monoisotopic (exact) mass is 474 g/mol. The van der Waals surface area contributed by atoms with E-state index in [-0.39, 0.29) is 0 Å². The molecule has 34 heavy (non-hydrogen) atoms. The van der Waals surface area contributed by atoms with Gasteiger partial charge in [-0.15, -0.1) is 22.0 Å². The Morgan fingerprint density at radius 1 is 0.882 bits per heavy atom. The summed E-state index contributed by atoms with van der Waals surface area (Å²) in [4.78, 5) is 12.4. The third kappa shape index (κ3) is 6.50. The number of nitrogens with one attached hydrogen (secondary N) is 1. The van der Waals surface area contributed by atoms with Crippen molar-refractivity contribution in [2.75, 3.05) is 27.2 Å². The van der Waals surface area contributed by atoms with E-state index in [2.05, 4.69) is 89.7 Å². The van der Waals surface area contributed by atoms with Gasteiger partial charge in [0.15, 0.2) is 0 Å². The Balaban J connectivity index is 1.44. The number of hydrogen-bond acceptors (Lipinski definition) is 8. The lowest BCUT2D eigenvalue weighted by Crippen LogP contribution is -2.26. The minimum absolute atomic E-state index is 0.353. The first kappa shape index (κ1) is 24.1. The van der Waals surface area contributed by atoms with Gasteiger partial charge in [-0.25, -0.2) is 4.98 Å². The van der Waals surface area contributed by atoms with Crippen molar-refractivity contribution in [1.82, 2.24) is 30.4 Å². The maximum atomic E-state index is 5.93. The van der Waals surface area contributed by atoms with Crippen LogP contribution in [0.4, 0.5) is 0 Å².